The Hall–Kier alpha value is -3.94. The van der Waals surface area contributed by atoms with Crippen molar-refractivity contribution in [3.05, 3.63) is 88.4 Å². The molecule has 35 heavy (non-hydrogen) atoms. The average molecular weight is 481 g/mol. The minimum absolute atomic E-state index is 0.137. The molecule has 1 unspecified atom stereocenters. The van der Waals surface area contributed by atoms with Crippen LogP contribution in [0.25, 0.3) is 5.76 Å². The summed E-state index contributed by atoms with van der Waals surface area (Å²) in [7, 11) is 1.42. The number of rotatable bonds is 4. The number of aliphatic hydroxyl groups is 1. The van der Waals surface area contributed by atoms with Gasteiger partial charge in [0.1, 0.15) is 40.7 Å². The number of furan rings is 1. The molecule has 8 heteroatoms. The highest BCUT2D eigenvalue weighted by atomic mass is 19.1. The number of halogens is 2. The molecule has 0 spiro atoms. The molecule has 1 fully saturated rings. The van der Waals surface area contributed by atoms with E-state index in [9.17, 15) is 23.5 Å². The van der Waals surface area contributed by atoms with Crippen molar-refractivity contribution in [1.82, 2.24) is 0 Å². The second-order valence-corrected chi connectivity index (χ2v) is 9.38. The van der Waals surface area contributed by atoms with Crippen molar-refractivity contribution >= 4 is 23.1 Å². The third-order valence-electron chi connectivity index (χ3n) is 5.96. The van der Waals surface area contributed by atoms with Crippen molar-refractivity contribution in [2.24, 2.45) is 0 Å². The van der Waals surface area contributed by atoms with Gasteiger partial charge in [0, 0.05) is 6.07 Å². The Morgan fingerprint density at radius 1 is 1.06 bits per heavy atom. The van der Waals surface area contributed by atoms with Crippen molar-refractivity contribution in [2.45, 2.75) is 39.2 Å². The highest BCUT2D eigenvalue weighted by Gasteiger charge is 2.49. The SMILES string of the molecule is COc1ccc(C(C)(C)C)cc1/C(O)=C1\C(=O)C(=O)N(c2ccc(F)cc2F)C1c1ccc(C)o1. The molecule has 2 aromatic carbocycles. The molecule has 1 aromatic heterocycles. The fourth-order valence-corrected chi connectivity index (χ4v) is 4.13. The zero-order valence-corrected chi connectivity index (χ0v) is 20.0. The molecule has 0 radical (unpaired) electrons. The number of aliphatic hydroxyl groups excluding tert-OH is 1. The lowest BCUT2D eigenvalue weighted by atomic mass is 9.85. The van der Waals surface area contributed by atoms with Gasteiger partial charge >= 0.3 is 0 Å². The molecule has 2 heterocycles. The molecule has 1 saturated heterocycles. The Morgan fingerprint density at radius 3 is 2.34 bits per heavy atom. The number of hydrogen-bond acceptors (Lipinski definition) is 5. The molecule has 182 valence electrons. The van der Waals surface area contributed by atoms with Crippen molar-refractivity contribution in [3.8, 4) is 5.75 Å². The molecule has 1 N–H and O–H groups in total. The molecule has 1 atom stereocenters. The highest BCUT2D eigenvalue weighted by Crippen LogP contribution is 2.44. The Morgan fingerprint density at radius 2 is 1.77 bits per heavy atom. The molecule has 0 aliphatic carbocycles. The number of carbonyl (C=O) groups is 2. The van der Waals surface area contributed by atoms with Gasteiger partial charge < -0.3 is 14.3 Å². The van der Waals surface area contributed by atoms with Crippen molar-refractivity contribution < 1.29 is 32.6 Å². The van der Waals surface area contributed by atoms with Crippen LogP contribution in [0.4, 0.5) is 14.5 Å². The van der Waals surface area contributed by atoms with Crippen molar-refractivity contribution in [2.75, 3.05) is 12.0 Å². The zero-order valence-electron chi connectivity index (χ0n) is 20.0. The van der Waals surface area contributed by atoms with Gasteiger partial charge in [-0.3, -0.25) is 14.5 Å². The van der Waals surface area contributed by atoms with E-state index in [-0.39, 0.29) is 33.7 Å². The average Bonchev–Trinajstić information content (AvgIpc) is 3.33. The number of methoxy groups -OCH3 is 1. The van der Waals surface area contributed by atoms with E-state index in [1.165, 1.54) is 13.2 Å². The summed E-state index contributed by atoms with van der Waals surface area (Å²) in [6, 6.07) is 9.74. The predicted molar refractivity (Wildman–Crippen MR) is 126 cm³/mol. The third kappa shape index (κ3) is 4.20. The van der Waals surface area contributed by atoms with Crippen LogP contribution in [0.5, 0.6) is 5.75 Å². The number of hydrogen-bond donors (Lipinski definition) is 1. The zero-order chi connectivity index (χ0) is 25.7. The second kappa shape index (κ2) is 8.69. The summed E-state index contributed by atoms with van der Waals surface area (Å²) in [5.74, 6) is -3.57. The van der Waals surface area contributed by atoms with E-state index in [1.807, 2.05) is 26.8 Å². The number of nitrogens with zero attached hydrogens (tertiary/aromatic N) is 1. The summed E-state index contributed by atoms with van der Waals surface area (Å²) in [5.41, 5.74) is 0.150. The van der Waals surface area contributed by atoms with Gasteiger partial charge in [0.05, 0.1) is 23.9 Å². The van der Waals surface area contributed by atoms with Crippen LogP contribution >= 0.6 is 0 Å². The number of ketones is 1. The Bertz CT molecular complexity index is 1370. The normalized spacial score (nSPS) is 17.8. The maximum atomic E-state index is 14.8. The molecule has 0 bridgehead atoms. The maximum Gasteiger partial charge on any atom is 0.300 e. The number of Topliss-reactive ketones (excluding diaryl/α,β-unsaturated/α-hetero) is 1. The number of benzene rings is 2. The molecule has 3 aromatic rings. The lowest BCUT2D eigenvalue weighted by molar-refractivity contribution is -0.132. The number of amides is 1. The first-order valence-corrected chi connectivity index (χ1v) is 10.9. The van der Waals surface area contributed by atoms with Crippen LogP contribution in [0.1, 0.15) is 49.5 Å². The summed E-state index contributed by atoms with van der Waals surface area (Å²) in [6.45, 7) is 7.63. The van der Waals surface area contributed by atoms with Gasteiger partial charge in [0.15, 0.2) is 0 Å². The van der Waals surface area contributed by atoms with E-state index in [2.05, 4.69) is 0 Å². The predicted octanol–water partition coefficient (Wildman–Crippen LogP) is 5.80. The largest absolute Gasteiger partial charge is 0.507 e. The van der Waals surface area contributed by atoms with Gasteiger partial charge in [-0.15, -0.1) is 0 Å². The van der Waals surface area contributed by atoms with Gasteiger partial charge in [0.25, 0.3) is 11.7 Å². The third-order valence-corrected chi connectivity index (χ3v) is 5.96. The van der Waals surface area contributed by atoms with Crippen LogP contribution in [-0.2, 0) is 15.0 Å². The summed E-state index contributed by atoms with van der Waals surface area (Å²) in [4.78, 5) is 27.3. The van der Waals surface area contributed by atoms with E-state index < -0.39 is 35.1 Å². The molecule has 1 amide bonds. The molecule has 1 aliphatic heterocycles. The first-order valence-electron chi connectivity index (χ1n) is 10.9. The van der Waals surface area contributed by atoms with E-state index in [4.69, 9.17) is 9.15 Å². The van der Waals surface area contributed by atoms with Crippen LogP contribution in [0, 0.1) is 18.6 Å². The van der Waals surface area contributed by atoms with Gasteiger partial charge in [-0.05, 0) is 54.3 Å². The molecular formula is C27H25F2NO5. The monoisotopic (exact) mass is 481 g/mol. The topological polar surface area (TPSA) is 80.0 Å². The smallest absolute Gasteiger partial charge is 0.300 e. The molecule has 4 rings (SSSR count). The number of aryl methyl sites for hydroxylation is 1. The summed E-state index contributed by atoms with van der Waals surface area (Å²) >= 11 is 0. The van der Waals surface area contributed by atoms with E-state index in [0.717, 1.165) is 22.6 Å². The Balaban J connectivity index is 2.00. The van der Waals surface area contributed by atoms with Crippen LogP contribution < -0.4 is 9.64 Å². The second-order valence-electron chi connectivity index (χ2n) is 9.38. The lowest BCUT2D eigenvalue weighted by Gasteiger charge is -2.24. The minimum atomic E-state index is -1.29. The first kappa shape index (κ1) is 24.2. The van der Waals surface area contributed by atoms with Gasteiger partial charge in [-0.2, -0.15) is 0 Å². The van der Waals surface area contributed by atoms with Gasteiger partial charge in [-0.25, -0.2) is 8.78 Å². The number of carbonyl (C=O) groups excluding carboxylic acids is 2. The van der Waals surface area contributed by atoms with Crippen LogP contribution in [-0.4, -0.2) is 23.9 Å². The minimum Gasteiger partial charge on any atom is -0.507 e. The maximum absolute atomic E-state index is 14.8. The van der Waals surface area contributed by atoms with Crippen LogP contribution in [0.2, 0.25) is 0 Å². The Kier molecular flexibility index (Phi) is 6.00. The summed E-state index contributed by atoms with van der Waals surface area (Å²) in [5, 5.41) is 11.4. The van der Waals surface area contributed by atoms with Gasteiger partial charge in [0.2, 0.25) is 0 Å². The van der Waals surface area contributed by atoms with Crippen molar-refractivity contribution in [3.63, 3.8) is 0 Å². The standard InChI is InChI=1S/C27H25F2NO5/c1-14-6-10-21(35-14)23-22(24(31)17-12-15(27(2,3)4)7-11-20(17)34-5)25(32)26(33)30(23)19-9-8-16(28)13-18(19)29/h6-13,23,31H,1-5H3/b24-22+. The quantitative estimate of drug-likeness (QED) is 0.290. The lowest BCUT2D eigenvalue weighted by Crippen LogP contribution is -2.30. The van der Waals surface area contributed by atoms with E-state index in [1.54, 1.807) is 25.1 Å². The molecule has 0 saturated carbocycles. The molecule has 1 aliphatic rings. The Labute approximate surface area is 201 Å². The van der Waals surface area contributed by atoms with Crippen molar-refractivity contribution in [1.29, 1.82) is 0 Å². The number of anilines is 1. The summed E-state index contributed by atoms with van der Waals surface area (Å²) < 4.78 is 39.5. The first-order chi connectivity index (χ1) is 16.4. The highest BCUT2D eigenvalue weighted by molar-refractivity contribution is 6.51. The molecular weight excluding hydrogens is 456 g/mol. The summed E-state index contributed by atoms with van der Waals surface area (Å²) in [6.07, 6.45) is 0. The van der Waals surface area contributed by atoms with Crippen LogP contribution in [0.3, 0.4) is 0 Å². The van der Waals surface area contributed by atoms with Crippen LogP contribution in [0.15, 0.2) is 58.5 Å². The fourth-order valence-electron chi connectivity index (χ4n) is 4.13. The number of ether oxygens (including phenoxy) is 1. The fraction of sp³-hybridized carbons (Fsp3) is 0.259. The van der Waals surface area contributed by atoms with E-state index in [0.29, 0.717) is 11.8 Å². The van der Waals surface area contributed by atoms with E-state index >= 15 is 0 Å². The van der Waals surface area contributed by atoms with Gasteiger partial charge in [-0.1, -0.05) is 26.8 Å². The molecule has 6 nitrogen and oxygen atoms in total.